The summed E-state index contributed by atoms with van der Waals surface area (Å²) in [5.41, 5.74) is 7.54. The monoisotopic (exact) mass is 241 g/mol. The van der Waals surface area contributed by atoms with E-state index in [1.165, 1.54) is 10.9 Å². The van der Waals surface area contributed by atoms with Crippen molar-refractivity contribution in [1.82, 2.24) is 4.57 Å². The van der Waals surface area contributed by atoms with Gasteiger partial charge in [-0.1, -0.05) is 6.07 Å². The first-order valence-corrected chi connectivity index (χ1v) is 6.27. The number of aryl methyl sites for hydroxylation is 1. The molecule has 2 rings (SSSR count). The highest BCUT2D eigenvalue weighted by Gasteiger charge is 2.15. The maximum Gasteiger partial charge on any atom is 0.0683 e. The summed E-state index contributed by atoms with van der Waals surface area (Å²) in [6.45, 7) is 4.90. The van der Waals surface area contributed by atoms with Crippen molar-refractivity contribution in [3.8, 4) is 6.07 Å². The molecule has 0 fully saturated rings. The van der Waals surface area contributed by atoms with Gasteiger partial charge in [-0.3, -0.25) is 0 Å². The molecule has 0 saturated carbocycles. The Balaban J connectivity index is 2.09. The molecule has 0 spiro atoms. The van der Waals surface area contributed by atoms with Crippen LogP contribution in [0.1, 0.15) is 26.7 Å². The van der Waals surface area contributed by atoms with Crippen molar-refractivity contribution in [2.24, 2.45) is 5.41 Å². The van der Waals surface area contributed by atoms with Gasteiger partial charge in [0.05, 0.1) is 17.0 Å². The van der Waals surface area contributed by atoms with E-state index in [9.17, 15) is 0 Å². The molecule has 0 aliphatic rings. The molecule has 0 bridgehead atoms. The fourth-order valence-corrected chi connectivity index (χ4v) is 2.14. The van der Waals surface area contributed by atoms with Crippen LogP contribution in [0, 0.1) is 16.7 Å². The van der Waals surface area contributed by atoms with Gasteiger partial charge in [0.2, 0.25) is 0 Å². The predicted molar refractivity (Wildman–Crippen MR) is 75.0 cm³/mol. The van der Waals surface area contributed by atoms with Crippen molar-refractivity contribution in [3.63, 3.8) is 0 Å². The molecule has 0 atom stereocenters. The number of rotatable bonds is 4. The molecule has 0 amide bonds. The standard InChI is InChI=1S/C15H19N3/c1-15(2,11-16)7-3-8-18-9-6-12-4-5-13(17)10-14(12)18/h4-6,9-10H,3,7-8,17H2,1-2H3. The number of benzene rings is 1. The van der Waals surface area contributed by atoms with Gasteiger partial charge in [-0.25, -0.2) is 0 Å². The van der Waals surface area contributed by atoms with Crippen LogP contribution in [-0.2, 0) is 6.54 Å². The summed E-state index contributed by atoms with van der Waals surface area (Å²) in [7, 11) is 0. The number of aromatic nitrogens is 1. The van der Waals surface area contributed by atoms with E-state index in [1.54, 1.807) is 0 Å². The quantitative estimate of drug-likeness (QED) is 0.832. The van der Waals surface area contributed by atoms with Crippen molar-refractivity contribution in [3.05, 3.63) is 30.5 Å². The van der Waals surface area contributed by atoms with Crippen LogP contribution in [0.25, 0.3) is 10.9 Å². The summed E-state index contributed by atoms with van der Waals surface area (Å²) < 4.78 is 2.21. The lowest BCUT2D eigenvalue weighted by molar-refractivity contribution is 0.418. The fraction of sp³-hybridized carbons (Fsp3) is 0.400. The molecule has 1 aromatic heterocycles. The molecule has 18 heavy (non-hydrogen) atoms. The van der Waals surface area contributed by atoms with Crippen molar-refractivity contribution >= 4 is 16.6 Å². The zero-order chi connectivity index (χ0) is 13.2. The number of nitrogens with zero attached hydrogens (tertiary/aromatic N) is 2. The van der Waals surface area contributed by atoms with E-state index < -0.39 is 0 Å². The second-order valence-electron chi connectivity index (χ2n) is 5.43. The fourth-order valence-electron chi connectivity index (χ4n) is 2.14. The number of hydrogen-bond donors (Lipinski definition) is 1. The first kappa shape index (κ1) is 12.5. The lowest BCUT2D eigenvalue weighted by Gasteiger charge is -2.15. The Bertz CT molecular complexity index is 587. The third-order valence-electron chi connectivity index (χ3n) is 3.30. The lowest BCUT2D eigenvalue weighted by Crippen LogP contribution is -2.09. The van der Waals surface area contributed by atoms with Gasteiger partial charge in [0, 0.05) is 18.4 Å². The zero-order valence-corrected chi connectivity index (χ0v) is 11.0. The first-order chi connectivity index (χ1) is 8.52. The first-order valence-electron chi connectivity index (χ1n) is 6.27. The van der Waals surface area contributed by atoms with Crippen LogP contribution < -0.4 is 5.73 Å². The van der Waals surface area contributed by atoms with E-state index in [1.807, 2.05) is 32.0 Å². The largest absolute Gasteiger partial charge is 0.399 e. The third-order valence-corrected chi connectivity index (χ3v) is 3.30. The van der Waals surface area contributed by atoms with Crippen LogP contribution in [0.5, 0.6) is 0 Å². The summed E-state index contributed by atoms with van der Waals surface area (Å²) >= 11 is 0. The van der Waals surface area contributed by atoms with Crippen LogP contribution in [-0.4, -0.2) is 4.57 Å². The Labute approximate surface area is 108 Å². The number of nitrogens with two attached hydrogens (primary N) is 1. The molecule has 0 radical (unpaired) electrons. The van der Waals surface area contributed by atoms with Gasteiger partial charge < -0.3 is 10.3 Å². The Morgan fingerprint density at radius 3 is 2.83 bits per heavy atom. The Hall–Kier alpha value is -1.95. The van der Waals surface area contributed by atoms with E-state index in [2.05, 4.69) is 22.9 Å². The van der Waals surface area contributed by atoms with Gasteiger partial charge in [-0.2, -0.15) is 5.26 Å². The lowest BCUT2D eigenvalue weighted by atomic mass is 9.90. The average molecular weight is 241 g/mol. The van der Waals surface area contributed by atoms with Crippen LogP contribution in [0.15, 0.2) is 30.5 Å². The van der Waals surface area contributed by atoms with Crippen molar-refractivity contribution in [2.75, 3.05) is 5.73 Å². The maximum atomic E-state index is 8.99. The Morgan fingerprint density at radius 2 is 2.11 bits per heavy atom. The van der Waals surface area contributed by atoms with E-state index >= 15 is 0 Å². The van der Waals surface area contributed by atoms with Crippen molar-refractivity contribution in [1.29, 1.82) is 5.26 Å². The number of hydrogen-bond acceptors (Lipinski definition) is 2. The minimum Gasteiger partial charge on any atom is -0.399 e. The smallest absolute Gasteiger partial charge is 0.0683 e. The van der Waals surface area contributed by atoms with Crippen LogP contribution in [0.2, 0.25) is 0 Å². The molecule has 0 saturated heterocycles. The van der Waals surface area contributed by atoms with Crippen LogP contribution in [0.3, 0.4) is 0 Å². The molecular weight excluding hydrogens is 222 g/mol. The zero-order valence-electron chi connectivity index (χ0n) is 11.0. The van der Waals surface area contributed by atoms with E-state index in [-0.39, 0.29) is 5.41 Å². The van der Waals surface area contributed by atoms with Gasteiger partial charge in [0.1, 0.15) is 0 Å². The summed E-state index contributed by atoms with van der Waals surface area (Å²) in [5, 5.41) is 10.2. The van der Waals surface area contributed by atoms with Crippen molar-refractivity contribution < 1.29 is 0 Å². The Morgan fingerprint density at radius 1 is 1.33 bits per heavy atom. The van der Waals surface area contributed by atoms with Crippen molar-refractivity contribution in [2.45, 2.75) is 33.2 Å². The van der Waals surface area contributed by atoms with Gasteiger partial charge in [-0.15, -0.1) is 0 Å². The Kier molecular flexibility index (Phi) is 3.29. The van der Waals surface area contributed by atoms with Crippen LogP contribution >= 0.6 is 0 Å². The minimum atomic E-state index is -0.234. The highest BCUT2D eigenvalue weighted by molar-refractivity contribution is 5.83. The third kappa shape index (κ3) is 2.65. The minimum absolute atomic E-state index is 0.234. The summed E-state index contributed by atoms with van der Waals surface area (Å²) in [5.74, 6) is 0. The van der Waals surface area contributed by atoms with E-state index in [0.29, 0.717) is 0 Å². The topological polar surface area (TPSA) is 54.7 Å². The number of nitriles is 1. The van der Waals surface area contributed by atoms with E-state index in [0.717, 1.165) is 25.1 Å². The molecule has 94 valence electrons. The maximum absolute atomic E-state index is 8.99. The number of anilines is 1. The van der Waals surface area contributed by atoms with E-state index in [4.69, 9.17) is 11.0 Å². The summed E-state index contributed by atoms with van der Waals surface area (Å²) in [4.78, 5) is 0. The molecule has 3 nitrogen and oxygen atoms in total. The number of fused-ring (bicyclic) bond motifs is 1. The molecular formula is C15H19N3. The molecule has 2 N–H and O–H groups in total. The molecule has 0 aliphatic heterocycles. The second-order valence-corrected chi connectivity index (χ2v) is 5.43. The van der Waals surface area contributed by atoms with Crippen LogP contribution in [0.4, 0.5) is 5.69 Å². The second kappa shape index (κ2) is 4.73. The molecule has 2 aromatic rings. The average Bonchev–Trinajstić information content (AvgIpc) is 2.72. The molecule has 0 aliphatic carbocycles. The molecule has 1 heterocycles. The summed E-state index contributed by atoms with van der Waals surface area (Å²) in [6, 6.07) is 10.4. The highest BCUT2D eigenvalue weighted by atomic mass is 14.9. The molecule has 1 aromatic carbocycles. The molecule has 3 heteroatoms. The SMILES string of the molecule is CC(C)(C#N)CCCn1ccc2ccc(N)cc21. The number of nitrogen functional groups attached to an aromatic ring is 1. The predicted octanol–water partition coefficient (Wildman–Crippen LogP) is 3.55. The normalized spacial score (nSPS) is 11.6. The summed E-state index contributed by atoms with van der Waals surface area (Å²) in [6.07, 6.45) is 3.99. The highest BCUT2D eigenvalue weighted by Crippen LogP contribution is 2.23. The van der Waals surface area contributed by atoms with Gasteiger partial charge in [-0.05, 0) is 50.3 Å². The molecule has 0 unspecified atom stereocenters. The van der Waals surface area contributed by atoms with Gasteiger partial charge in [0.15, 0.2) is 0 Å². The van der Waals surface area contributed by atoms with Gasteiger partial charge >= 0.3 is 0 Å². The van der Waals surface area contributed by atoms with Gasteiger partial charge in [0.25, 0.3) is 0 Å².